The van der Waals surface area contributed by atoms with Crippen molar-refractivity contribution in [3.8, 4) is 0 Å². The molecule has 0 N–H and O–H groups in total. The van der Waals surface area contributed by atoms with E-state index in [1.54, 1.807) is 17.5 Å². The molecule has 7 heteroatoms. The number of ether oxygens (including phenoxy) is 5. The standard InChI is InChI=1S/C21H27NO5S/c1-20(2)24-13-15(25-20)16-17(27-21(3,4)26-16)18(19-22-10-11-28-19)23-12-14-8-6-5-7-9-14/h5-11,15-18H,12-13H2,1-4H3/t15?,16-,17+,18+/m1/s1. The lowest BCUT2D eigenvalue weighted by Crippen LogP contribution is -2.41. The van der Waals surface area contributed by atoms with Crippen molar-refractivity contribution in [2.75, 3.05) is 6.61 Å². The molecule has 0 spiro atoms. The number of nitrogens with zero attached hydrogens (tertiary/aromatic N) is 1. The summed E-state index contributed by atoms with van der Waals surface area (Å²) in [6.45, 7) is 8.57. The number of thiazole rings is 1. The molecule has 2 aliphatic rings. The molecule has 6 nitrogen and oxygen atoms in total. The molecule has 0 radical (unpaired) electrons. The fourth-order valence-electron chi connectivity index (χ4n) is 3.66. The summed E-state index contributed by atoms with van der Waals surface area (Å²) in [6, 6.07) is 10.1. The largest absolute Gasteiger partial charge is 0.363 e. The van der Waals surface area contributed by atoms with Crippen LogP contribution in [0.3, 0.4) is 0 Å². The van der Waals surface area contributed by atoms with Crippen molar-refractivity contribution in [2.24, 2.45) is 0 Å². The van der Waals surface area contributed by atoms with Gasteiger partial charge in [-0.1, -0.05) is 30.3 Å². The van der Waals surface area contributed by atoms with Crippen LogP contribution in [0.2, 0.25) is 0 Å². The zero-order chi connectivity index (χ0) is 19.8. The normalized spacial score (nSPS) is 29.8. The molecule has 2 aromatic rings. The van der Waals surface area contributed by atoms with E-state index in [-0.39, 0.29) is 24.4 Å². The Balaban J connectivity index is 1.58. The van der Waals surface area contributed by atoms with Gasteiger partial charge in [0.2, 0.25) is 0 Å². The Morgan fingerprint density at radius 3 is 2.54 bits per heavy atom. The first-order chi connectivity index (χ1) is 13.3. The summed E-state index contributed by atoms with van der Waals surface area (Å²) in [6.07, 6.45) is 0.519. The topological polar surface area (TPSA) is 59.0 Å². The second-order valence-corrected chi connectivity index (χ2v) is 8.95. The zero-order valence-corrected chi connectivity index (χ0v) is 17.5. The highest BCUT2D eigenvalue weighted by Gasteiger charge is 2.53. The summed E-state index contributed by atoms with van der Waals surface area (Å²) in [4.78, 5) is 4.50. The minimum atomic E-state index is -0.739. The zero-order valence-electron chi connectivity index (χ0n) is 16.7. The van der Waals surface area contributed by atoms with Gasteiger partial charge in [0.15, 0.2) is 11.6 Å². The number of hydrogen-bond acceptors (Lipinski definition) is 7. The molecular formula is C21H27NO5S. The van der Waals surface area contributed by atoms with Crippen LogP contribution in [0.15, 0.2) is 41.9 Å². The molecular weight excluding hydrogens is 378 g/mol. The third-order valence-corrected chi connectivity index (χ3v) is 5.66. The molecule has 1 aromatic carbocycles. The fourth-order valence-corrected chi connectivity index (χ4v) is 4.38. The predicted octanol–water partition coefficient (Wildman–Crippen LogP) is 4.07. The van der Waals surface area contributed by atoms with Crippen molar-refractivity contribution < 1.29 is 23.7 Å². The predicted molar refractivity (Wildman–Crippen MR) is 105 cm³/mol. The lowest BCUT2D eigenvalue weighted by Gasteiger charge is -2.28. The van der Waals surface area contributed by atoms with E-state index in [9.17, 15) is 0 Å². The molecule has 152 valence electrons. The molecule has 2 aliphatic heterocycles. The summed E-state index contributed by atoms with van der Waals surface area (Å²) in [5.41, 5.74) is 1.10. The molecule has 4 rings (SSSR count). The number of benzene rings is 1. The summed E-state index contributed by atoms with van der Waals surface area (Å²) in [5.74, 6) is -1.37. The Labute approximate surface area is 169 Å². The molecule has 1 aromatic heterocycles. The molecule has 0 bridgehead atoms. The first kappa shape index (κ1) is 19.9. The van der Waals surface area contributed by atoms with E-state index < -0.39 is 11.6 Å². The lowest BCUT2D eigenvalue weighted by molar-refractivity contribution is -0.175. The Morgan fingerprint density at radius 2 is 1.89 bits per heavy atom. The van der Waals surface area contributed by atoms with Crippen LogP contribution in [0.4, 0.5) is 0 Å². The maximum Gasteiger partial charge on any atom is 0.164 e. The van der Waals surface area contributed by atoms with E-state index >= 15 is 0 Å². The maximum absolute atomic E-state index is 6.34. The summed E-state index contributed by atoms with van der Waals surface area (Å²) in [5, 5.41) is 2.81. The second kappa shape index (κ2) is 7.82. The average molecular weight is 406 g/mol. The van der Waals surface area contributed by atoms with Crippen LogP contribution in [0.1, 0.15) is 44.4 Å². The number of hydrogen-bond donors (Lipinski definition) is 0. The Morgan fingerprint density at radius 1 is 1.11 bits per heavy atom. The van der Waals surface area contributed by atoms with Gasteiger partial charge in [0.05, 0.1) is 13.2 Å². The molecule has 0 saturated carbocycles. The van der Waals surface area contributed by atoms with Crippen molar-refractivity contribution in [3.05, 3.63) is 52.5 Å². The molecule has 3 heterocycles. The van der Waals surface area contributed by atoms with Crippen molar-refractivity contribution in [3.63, 3.8) is 0 Å². The Hall–Kier alpha value is -1.35. The van der Waals surface area contributed by atoms with Gasteiger partial charge in [-0.2, -0.15) is 0 Å². The number of aromatic nitrogens is 1. The van der Waals surface area contributed by atoms with E-state index in [0.717, 1.165) is 10.6 Å². The van der Waals surface area contributed by atoms with E-state index in [0.29, 0.717) is 13.2 Å². The summed E-state index contributed by atoms with van der Waals surface area (Å²) >= 11 is 1.55. The molecule has 4 atom stereocenters. The summed E-state index contributed by atoms with van der Waals surface area (Å²) < 4.78 is 30.7. The maximum atomic E-state index is 6.34. The minimum Gasteiger partial charge on any atom is -0.363 e. The highest BCUT2D eigenvalue weighted by atomic mass is 32.1. The quantitative estimate of drug-likeness (QED) is 0.722. The van der Waals surface area contributed by atoms with Crippen molar-refractivity contribution in [1.82, 2.24) is 4.98 Å². The first-order valence-corrected chi connectivity index (χ1v) is 10.4. The highest BCUT2D eigenvalue weighted by molar-refractivity contribution is 7.09. The number of rotatable bonds is 6. The van der Waals surface area contributed by atoms with Crippen molar-refractivity contribution >= 4 is 11.3 Å². The molecule has 28 heavy (non-hydrogen) atoms. The second-order valence-electron chi connectivity index (χ2n) is 8.02. The third-order valence-electron chi connectivity index (χ3n) is 4.83. The van der Waals surface area contributed by atoms with Gasteiger partial charge < -0.3 is 23.7 Å². The van der Waals surface area contributed by atoms with Gasteiger partial charge in [0, 0.05) is 11.6 Å². The molecule has 0 aliphatic carbocycles. The van der Waals surface area contributed by atoms with Gasteiger partial charge in [-0.05, 0) is 33.3 Å². The van der Waals surface area contributed by atoms with Crippen molar-refractivity contribution in [1.29, 1.82) is 0 Å². The van der Waals surface area contributed by atoms with E-state index in [1.807, 2.05) is 63.4 Å². The van der Waals surface area contributed by atoms with E-state index in [1.165, 1.54) is 0 Å². The van der Waals surface area contributed by atoms with Crippen LogP contribution < -0.4 is 0 Å². The first-order valence-electron chi connectivity index (χ1n) is 9.55. The minimum absolute atomic E-state index is 0.232. The van der Waals surface area contributed by atoms with Gasteiger partial charge in [-0.15, -0.1) is 11.3 Å². The van der Waals surface area contributed by atoms with Crippen LogP contribution in [-0.2, 0) is 30.3 Å². The van der Waals surface area contributed by atoms with Crippen LogP contribution in [0.25, 0.3) is 0 Å². The van der Waals surface area contributed by atoms with Crippen LogP contribution in [0.5, 0.6) is 0 Å². The van der Waals surface area contributed by atoms with E-state index in [2.05, 4.69) is 4.98 Å². The van der Waals surface area contributed by atoms with E-state index in [4.69, 9.17) is 23.7 Å². The van der Waals surface area contributed by atoms with Crippen LogP contribution in [-0.4, -0.2) is 41.5 Å². The SMILES string of the molecule is CC1(C)OCC([C@H]2OC(C)(C)O[C@@H]2[C@H](OCc2ccccc2)c2nccs2)O1. The summed E-state index contributed by atoms with van der Waals surface area (Å²) in [7, 11) is 0. The van der Waals surface area contributed by atoms with Gasteiger partial charge in [-0.3, -0.25) is 0 Å². The van der Waals surface area contributed by atoms with Crippen LogP contribution >= 0.6 is 11.3 Å². The highest BCUT2D eigenvalue weighted by Crippen LogP contribution is 2.42. The van der Waals surface area contributed by atoms with Gasteiger partial charge >= 0.3 is 0 Å². The van der Waals surface area contributed by atoms with Crippen LogP contribution in [0, 0.1) is 0 Å². The molecule has 2 fully saturated rings. The average Bonchev–Trinajstić information content (AvgIpc) is 3.36. The van der Waals surface area contributed by atoms with Gasteiger partial charge in [0.25, 0.3) is 0 Å². The molecule has 0 amide bonds. The Kier molecular flexibility index (Phi) is 5.57. The Bertz CT molecular complexity index is 764. The molecule has 1 unspecified atom stereocenters. The van der Waals surface area contributed by atoms with Gasteiger partial charge in [0.1, 0.15) is 29.4 Å². The molecule has 2 saturated heterocycles. The monoisotopic (exact) mass is 405 g/mol. The van der Waals surface area contributed by atoms with Gasteiger partial charge in [-0.25, -0.2) is 4.98 Å². The van der Waals surface area contributed by atoms with Crippen molar-refractivity contribution in [2.45, 2.75) is 70.3 Å². The third kappa shape index (κ3) is 4.45. The fraction of sp³-hybridized carbons (Fsp3) is 0.571. The smallest absolute Gasteiger partial charge is 0.164 e. The lowest BCUT2D eigenvalue weighted by atomic mass is 10.0.